The Balaban J connectivity index is 2.37. The first-order valence-electron chi connectivity index (χ1n) is 8.38. The van der Waals surface area contributed by atoms with Crippen LogP contribution in [0.1, 0.15) is 36.5 Å². The smallest absolute Gasteiger partial charge is 0.336 e. The number of carboxylic acid groups (broad SMARTS) is 1. The molecule has 0 atom stereocenters. The third-order valence-corrected chi connectivity index (χ3v) is 3.85. The number of benzene rings is 2. The molecule has 0 radical (unpaired) electrons. The molecule has 2 aromatic carbocycles. The van der Waals surface area contributed by atoms with Crippen LogP contribution in [0.2, 0.25) is 0 Å². The lowest BCUT2D eigenvalue weighted by atomic mass is 10.0. The van der Waals surface area contributed by atoms with E-state index >= 15 is 0 Å². The molecular formula is C21H24O4. The molecule has 0 aliphatic rings. The summed E-state index contributed by atoms with van der Waals surface area (Å²) in [5, 5.41) is 9.58. The van der Waals surface area contributed by atoms with Crippen molar-refractivity contribution in [1.29, 1.82) is 0 Å². The van der Waals surface area contributed by atoms with Crippen molar-refractivity contribution in [3.8, 4) is 11.5 Å². The molecule has 25 heavy (non-hydrogen) atoms. The Bertz CT molecular complexity index is 745. The number of hydrogen-bond donors (Lipinski definition) is 1. The van der Waals surface area contributed by atoms with E-state index in [9.17, 15) is 9.90 Å². The molecular weight excluding hydrogens is 316 g/mol. The van der Waals surface area contributed by atoms with Crippen molar-refractivity contribution in [2.45, 2.75) is 26.7 Å². The number of ether oxygens (including phenoxy) is 2. The summed E-state index contributed by atoms with van der Waals surface area (Å²) in [7, 11) is 1.59. The molecule has 0 saturated heterocycles. The Kier molecular flexibility index (Phi) is 6.63. The Morgan fingerprint density at radius 2 is 1.84 bits per heavy atom. The second-order valence-corrected chi connectivity index (χ2v) is 5.84. The van der Waals surface area contributed by atoms with Crippen LogP contribution in [0.25, 0.3) is 11.6 Å². The highest BCUT2D eigenvalue weighted by molar-refractivity contribution is 6.20. The number of aliphatic carboxylic acids is 1. The summed E-state index contributed by atoms with van der Waals surface area (Å²) in [4.78, 5) is 11.7. The van der Waals surface area contributed by atoms with Crippen molar-refractivity contribution in [3.05, 3.63) is 59.2 Å². The third kappa shape index (κ3) is 5.11. The fourth-order valence-corrected chi connectivity index (χ4v) is 2.39. The summed E-state index contributed by atoms with van der Waals surface area (Å²) in [5.74, 6) is 0.298. The van der Waals surface area contributed by atoms with E-state index in [4.69, 9.17) is 9.47 Å². The van der Waals surface area contributed by atoms with Gasteiger partial charge in [-0.3, -0.25) is 0 Å². The molecule has 0 heterocycles. The van der Waals surface area contributed by atoms with Gasteiger partial charge in [-0.1, -0.05) is 49.2 Å². The molecule has 0 unspecified atom stereocenters. The van der Waals surface area contributed by atoms with Gasteiger partial charge < -0.3 is 14.6 Å². The summed E-state index contributed by atoms with van der Waals surface area (Å²) in [5.41, 5.74) is 2.75. The predicted octanol–water partition coefficient (Wildman–Crippen LogP) is 4.81. The van der Waals surface area contributed by atoms with Gasteiger partial charge in [-0.05, 0) is 42.7 Å². The monoisotopic (exact) mass is 340 g/mol. The molecule has 0 amide bonds. The summed E-state index contributed by atoms with van der Waals surface area (Å²) in [6.07, 6.45) is 3.64. The lowest BCUT2D eigenvalue weighted by Gasteiger charge is -2.11. The predicted molar refractivity (Wildman–Crippen MR) is 100 cm³/mol. The van der Waals surface area contributed by atoms with Gasteiger partial charge >= 0.3 is 5.97 Å². The molecule has 4 nitrogen and oxygen atoms in total. The minimum absolute atomic E-state index is 0.240. The molecule has 0 bridgehead atoms. The zero-order chi connectivity index (χ0) is 18.2. The van der Waals surface area contributed by atoms with Gasteiger partial charge in [0.05, 0.1) is 19.3 Å². The molecule has 0 saturated carbocycles. The van der Waals surface area contributed by atoms with Gasteiger partial charge in [-0.2, -0.15) is 0 Å². The molecule has 1 N–H and O–H groups in total. The van der Waals surface area contributed by atoms with Gasteiger partial charge in [0, 0.05) is 0 Å². The highest BCUT2D eigenvalue weighted by Crippen LogP contribution is 2.30. The van der Waals surface area contributed by atoms with Crippen LogP contribution >= 0.6 is 0 Å². The molecule has 0 aliphatic carbocycles. The normalized spacial score (nSPS) is 11.2. The lowest BCUT2D eigenvalue weighted by molar-refractivity contribution is -0.130. The van der Waals surface area contributed by atoms with Crippen molar-refractivity contribution in [3.63, 3.8) is 0 Å². The number of hydrogen-bond acceptors (Lipinski definition) is 3. The van der Waals surface area contributed by atoms with E-state index in [2.05, 4.69) is 6.92 Å². The van der Waals surface area contributed by atoms with Crippen LogP contribution in [0.4, 0.5) is 0 Å². The summed E-state index contributed by atoms with van der Waals surface area (Å²) < 4.78 is 11.1. The Morgan fingerprint density at radius 3 is 2.44 bits per heavy atom. The molecule has 2 rings (SSSR count). The number of carbonyl (C=O) groups is 1. The topological polar surface area (TPSA) is 55.8 Å². The first-order chi connectivity index (χ1) is 12.0. The van der Waals surface area contributed by atoms with E-state index in [0.717, 1.165) is 24.0 Å². The molecule has 0 fully saturated rings. The van der Waals surface area contributed by atoms with Crippen molar-refractivity contribution in [1.82, 2.24) is 0 Å². The number of carboxylic acids is 1. The van der Waals surface area contributed by atoms with Crippen LogP contribution in [-0.2, 0) is 4.79 Å². The maximum Gasteiger partial charge on any atom is 0.336 e. The number of methoxy groups -OCH3 is 1. The van der Waals surface area contributed by atoms with Crippen LogP contribution in [-0.4, -0.2) is 24.8 Å². The largest absolute Gasteiger partial charge is 0.493 e. The quantitative estimate of drug-likeness (QED) is 0.426. The van der Waals surface area contributed by atoms with Crippen molar-refractivity contribution >= 4 is 17.6 Å². The number of unbranched alkanes of at least 4 members (excludes halogenated alkanes) is 1. The fourth-order valence-electron chi connectivity index (χ4n) is 2.39. The number of aryl methyl sites for hydroxylation is 1. The van der Waals surface area contributed by atoms with Gasteiger partial charge in [0.2, 0.25) is 0 Å². The molecule has 0 spiro atoms. The molecule has 0 aromatic heterocycles. The Hall–Kier alpha value is -2.75. The molecule has 132 valence electrons. The summed E-state index contributed by atoms with van der Waals surface area (Å²) in [6.45, 7) is 4.67. The van der Waals surface area contributed by atoms with E-state index in [1.807, 2.05) is 43.3 Å². The van der Waals surface area contributed by atoms with Crippen molar-refractivity contribution in [2.24, 2.45) is 0 Å². The van der Waals surface area contributed by atoms with E-state index in [1.54, 1.807) is 19.3 Å². The van der Waals surface area contributed by atoms with Crippen LogP contribution in [0.5, 0.6) is 11.5 Å². The standard InChI is InChI=1S/C21H24O4/c1-4-5-12-25-20-14-16(8-11-19(20)24-3)13-18(21(22)23)17-9-6-15(2)7-10-17/h6-11,13-14H,4-5,12H2,1-3H3,(H,22,23)/b18-13-. The highest BCUT2D eigenvalue weighted by Gasteiger charge is 2.12. The lowest BCUT2D eigenvalue weighted by Crippen LogP contribution is -2.01. The van der Waals surface area contributed by atoms with Crippen LogP contribution < -0.4 is 9.47 Å². The molecule has 2 aromatic rings. The second-order valence-electron chi connectivity index (χ2n) is 5.84. The highest BCUT2D eigenvalue weighted by atomic mass is 16.5. The van der Waals surface area contributed by atoms with Gasteiger partial charge in [0.1, 0.15) is 0 Å². The first-order valence-corrected chi connectivity index (χ1v) is 8.38. The minimum Gasteiger partial charge on any atom is -0.493 e. The zero-order valence-electron chi connectivity index (χ0n) is 14.9. The third-order valence-electron chi connectivity index (χ3n) is 3.85. The van der Waals surface area contributed by atoms with Crippen molar-refractivity contribution < 1.29 is 19.4 Å². The minimum atomic E-state index is -0.965. The SMILES string of the molecule is CCCCOc1cc(/C=C(\C(=O)O)c2ccc(C)cc2)ccc1OC. The Labute approximate surface area is 148 Å². The van der Waals surface area contributed by atoms with E-state index in [0.29, 0.717) is 23.7 Å². The maximum absolute atomic E-state index is 11.7. The fraction of sp³-hybridized carbons (Fsp3) is 0.286. The average Bonchev–Trinajstić information content (AvgIpc) is 2.61. The van der Waals surface area contributed by atoms with E-state index < -0.39 is 5.97 Å². The van der Waals surface area contributed by atoms with Gasteiger partial charge in [-0.15, -0.1) is 0 Å². The summed E-state index contributed by atoms with van der Waals surface area (Å²) >= 11 is 0. The second kappa shape index (κ2) is 8.92. The number of rotatable bonds is 8. The van der Waals surface area contributed by atoms with Crippen LogP contribution in [0.3, 0.4) is 0 Å². The van der Waals surface area contributed by atoms with Gasteiger partial charge in [0.15, 0.2) is 11.5 Å². The van der Waals surface area contributed by atoms with Gasteiger partial charge in [0.25, 0.3) is 0 Å². The van der Waals surface area contributed by atoms with Crippen molar-refractivity contribution in [2.75, 3.05) is 13.7 Å². The average molecular weight is 340 g/mol. The molecule has 0 aliphatic heterocycles. The maximum atomic E-state index is 11.7. The van der Waals surface area contributed by atoms with E-state index in [1.165, 1.54) is 0 Å². The molecule has 4 heteroatoms. The summed E-state index contributed by atoms with van der Waals surface area (Å²) in [6, 6.07) is 12.9. The first kappa shape index (κ1) is 18.6. The van der Waals surface area contributed by atoms with Crippen LogP contribution in [0.15, 0.2) is 42.5 Å². The Morgan fingerprint density at radius 1 is 1.12 bits per heavy atom. The van der Waals surface area contributed by atoms with Gasteiger partial charge in [-0.25, -0.2) is 4.79 Å². The van der Waals surface area contributed by atoms with Crippen LogP contribution in [0, 0.1) is 6.92 Å². The van der Waals surface area contributed by atoms with E-state index in [-0.39, 0.29) is 5.57 Å². The zero-order valence-corrected chi connectivity index (χ0v) is 14.9.